The Morgan fingerprint density at radius 1 is 0.760 bits per heavy atom. The molecule has 126 valence electrons. The SMILES string of the molecule is O=C(Nc1ccccc1)OCP(=O)(c1ccccc1)c1ccccc1. The number of amides is 1. The molecule has 5 heteroatoms. The molecule has 3 rings (SSSR count). The van der Waals surface area contributed by atoms with Gasteiger partial charge in [-0.25, -0.2) is 4.79 Å². The van der Waals surface area contributed by atoms with E-state index in [0.29, 0.717) is 16.3 Å². The molecule has 0 unspecified atom stereocenters. The maximum absolute atomic E-state index is 13.7. The number of nitrogens with one attached hydrogen (secondary N) is 1. The number of para-hydroxylation sites is 1. The first kappa shape index (κ1) is 17.0. The van der Waals surface area contributed by atoms with Crippen molar-refractivity contribution in [2.24, 2.45) is 0 Å². The summed E-state index contributed by atoms with van der Waals surface area (Å²) in [6, 6.07) is 27.2. The van der Waals surface area contributed by atoms with Crippen molar-refractivity contribution in [2.45, 2.75) is 0 Å². The summed E-state index contributed by atoms with van der Waals surface area (Å²) in [4.78, 5) is 12.1. The fourth-order valence-electron chi connectivity index (χ4n) is 2.46. The molecule has 0 aliphatic carbocycles. The third kappa shape index (κ3) is 4.17. The summed E-state index contributed by atoms with van der Waals surface area (Å²) in [5, 5.41) is 3.96. The summed E-state index contributed by atoms with van der Waals surface area (Å²) < 4.78 is 19.0. The van der Waals surface area contributed by atoms with Gasteiger partial charge in [0.25, 0.3) is 0 Å². The Balaban J connectivity index is 1.79. The van der Waals surface area contributed by atoms with Crippen LogP contribution < -0.4 is 15.9 Å². The zero-order valence-corrected chi connectivity index (χ0v) is 14.4. The smallest absolute Gasteiger partial charge is 0.412 e. The van der Waals surface area contributed by atoms with Crippen molar-refractivity contribution in [3.8, 4) is 0 Å². The Labute approximate surface area is 146 Å². The molecule has 0 fully saturated rings. The summed E-state index contributed by atoms with van der Waals surface area (Å²) in [5.41, 5.74) is 0.627. The zero-order valence-electron chi connectivity index (χ0n) is 13.5. The summed E-state index contributed by atoms with van der Waals surface area (Å²) in [6.45, 7) is 0. The number of ether oxygens (including phenoxy) is 1. The van der Waals surface area contributed by atoms with Crippen molar-refractivity contribution in [3.05, 3.63) is 91.0 Å². The van der Waals surface area contributed by atoms with Crippen LogP contribution in [0.25, 0.3) is 0 Å². The first-order chi connectivity index (χ1) is 12.2. The molecule has 0 saturated carbocycles. The molecule has 0 aliphatic heterocycles. The molecule has 0 radical (unpaired) electrons. The van der Waals surface area contributed by atoms with Crippen LogP contribution in [0, 0.1) is 0 Å². The van der Waals surface area contributed by atoms with Gasteiger partial charge in [0.1, 0.15) is 0 Å². The minimum atomic E-state index is -3.07. The average Bonchev–Trinajstić information content (AvgIpc) is 2.68. The summed E-state index contributed by atoms with van der Waals surface area (Å²) in [7, 11) is -3.07. The van der Waals surface area contributed by atoms with Crippen molar-refractivity contribution in [1.29, 1.82) is 0 Å². The summed E-state index contributed by atoms with van der Waals surface area (Å²) in [5.74, 6) is 0. The van der Waals surface area contributed by atoms with Crippen molar-refractivity contribution < 1.29 is 14.1 Å². The van der Waals surface area contributed by atoms with Crippen molar-refractivity contribution in [2.75, 3.05) is 11.7 Å². The van der Waals surface area contributed by atoms with Gasteiger partial charge in [-0.1, -0.05) is 78.9 Å². The largest absolute Gasteiger partial charge is 0.441 e. The van der Waals surface area contributed by atoms with Crippen LogP contribution in [0.15, 0.2) is 91.0 Å². The van der Waals surface area contributed by atoms with E-state index in [2.05, 4.69) is 5.32 Å². The van der Waals surface area contributed by atoms with E-state index in [1.807, 2.05) is 54.6 Å². The molecular formula is C20H18NO3P. The summed E-state index contributed by atoms with van der Waals surface area (Å²) >= 11 is 0. The molecule has 3 aromatic carbocycles. The van der Waals surface area contributed by atoms with Gasteiger partial charge in [0.15, 0.2) is 13.5 Å². The number of hydrogen-bond donors (Lipinski definition) is 1. The normalized spacial score (nSPS) is 10.9. The maximum atomic E-state index is 13.7. The maximum Gasteiger partial charge on any atom is 0.412 e. The molecule has 1 N–H and O–H groups in total. The second kappa shape index (κ2) is 7.82. The van der Waals surface area contributed by atoms with Gasteiger partial charge in [0.2, 0.25) is 0 Å². The standard InChI is InChI=1S/C20H18NO3P/c22-20(21-17-10-4-1-5-11-17)24-16-25(23,18-12-6-2-7-13-18)19-14-8-3-9-15-19/h1-15H,16H2,(H,21,22). The van der Waals surface area contributed by atoms with Gasteiger partial charge >= 0.3 is 6.09 Å². The fraction of sp³-hybridized carbons (Fsp3) is 0.0500. The minimum absolute atomic E-state index is 0.195. The lowest BCUT2D eigenvalue weighted by molar-refractivity contribution is 0.179. The van der Waals surface area contributed by atoms with Gasteiger partial charge in [0, 0.05) is 16.3 Å². The van der Waals surface area contributed by atoms with Crippen LogP contribution >= 0.6 is 7.14 Å². The molecule has 3 aromatic rings. The molecule has 0 bridgehead atoms. The minimum Gasteiger partial charge on any atom is -0.441 e. The first-order valence-electron chi connectivity index (χ1n) is 7.87. The number of hydrogen-bond acceptors (Lipinski definition) is 3. The highest BCUT2D eigenvalue weighted by atomic mass is 31.2. The van der Waals surface area contributed by atoms with Gasteiger partial charge < -0.3 is 9.30 Å². The lowest BCUT2D eigenvalue weighted by atomic mass is 10.3. The first-order valence-corrected chi connectivity index (χ1v) is 9.77. The molecule has 0 heterocycles. The summed E-state index contributed by atoms with van der Waals surface area (Å²) in [6.07, 6.45) is -0.821. The number of benzene rings is 3. The van der Waals surface area contributed by atoms with Crippen LogP contribution in [0.2, 0.25) is 0 Å². The van der Waals surface area contributed by atoms with Crippen LogP contribution in [0.3, 0.4) is 0 Å². The topological polar surface area (TPSA) is 55.4 Å². The quantitative estimate of drug-likeness (QED) is 0.701. The predicted octanol–water partition coefficient (Wildman–Crippen LogP) is 4.21. The molecule has 0 atom stereocenters. The highest BCUT2D eigenvalue weighted by Crippen LogP contribution is 2.43. The second-order valence-electron chi connectivity index (χ2n) is 5.46. The van der Waals surface area contributed by atoms with Crippen LogP contribution in [-0.2, 0) is 9.30 Å². The number of carbonyl (C=O) groups excluding carboxylic acids is 1. The van der Waals surface area contributed by atoms with Gasteiger partial charge in [-0.3, -0.25) is 5.32 Å². The second-order valence-corrected chi connectivity index (χ2v) is 8.23. The Hall–Kier alpha value is -2.84. The van der Waals surface area contributed by atoms with Crippen molar-refractivity contribution >= 4 is 29.5 Å². The number of rotatable bonds is 5. The lowest BCUT2D eigenvalue weighted by Crippen LogP contribution is -2.23. The average molecular weight is 351 g/mol. The van der Waals surface area contributed by atoms with Gasteiger partial charge in [-0.05, 0) is 12.1 Å². The van der Waals surface area contributed by atoms with Crippen LogP contribution in [0.4, 0.5) is 10.5 Å². The van der Waals surface area contributed by atoms with Gasteiger partial charge in [-0.15, -0.1) is 0 Å². The van der Waals surface area contributed by atoms with Crippen LogP contribution in [0.5, 0.6) is 0 Å². The fourth-order valence-corrected chi connectivity index (χ4v) is 4.66. The van der Waals surface area contributed by atoms with E-state index in [1.165, 1.54) is 0 Å². The molecular weight excluding hydrogens is 333 g/mol. The molecule has 0 spiro atoms. The molecule has 0 saturated heterocycles. The Bertz CT molecular complexity index is 824. The van der Waals surface area contributed by atoms with Crippen LogP contribution in [0.1, 0.15) is 0 Å². The Morgan fingerprint density at radius 3 is 1.68 bits per heavy atom. The highest BCUT2D eigenvalue weighted by Gasteiger charge is 2.29. The molecule has 0 aromatic heterocycles. The van der Waals surface area contributed by atoms with E-state index < -0.39 is 13.2 Å². The molecule has 4 nitrogen and oxygen atoms in total. The van der Waals surface area contributed by atoms with E-state index in [1.54, 1.807) is 36.4 Å². The van der Waals surface area contributed by atoms with Crippen molar-refractivity contribution in [3.63, 3.8) is 0 Å². The van der Waals surface area contributed by atoms with Crippen LogP contribution in [-0.4, -0.2) is 12.4 Å². The predicted molar refractivity (Wildman–Crippen MR) is 101 cm³/mol. The van der Waals surface area contributed by atoms with E-state index in [-0.39, 0.29) is 6.35 Å². The van der Waals surface area contributed by atoms with Gasteiger partial charge in [-0.2, -0.15) is 0 Å². The number of anilines is 1. The molecule has 0 aliphatic rings. The molecule has 25 heavy (non-hydrogen) atoms. The zero-order chi connectivity index (χ0) is 17.5. The Kier molecular flexibility index (Phi) is 5.32. The third-order valence-corrected chi connectivity index (χ3v) is 6.50. The lowest BCUT2D eigenvalue weighted by Gasteiger charge is -2.19. The van der Waals surface area contributed by atoms with Gasteiger partial charge in [0.05, 0.1) is 0 Å². The Morgan fingerprint density at radius 2 is 1.20 bits per heavy atom. The van der Waals surface area contributed by atoms with E-state index in [0.717, 1.165) is 0 Å². The van der Waals surface area contributed by atoms with E-state index in [4.69, 9.17) is 4.74 Å². The number of carbonyl (C=O) groups is 1. The molecule has 1 amide bonds. The third-order valence-electron chi connectivity index (χ3n) is 3.74. The highest BCUT2D eigenvalue weighted by molar-refractivity contribution is 7.78. The van der Waals surface area contributed by atoms with E-state index in [9.17, 15) is 9.36 Å². The van der Waals surface area contributed by atoms with E-state index >= 15 is 0 Å². The van der Waals surface area contributed by atoms with Crippen molar-refractivity contribution in [1.82, 2.24) is 0 Å². The monoisotopic (exact) mass is 351 g/mol.